The van der Waals surface area contributed by atoms with Crippen LogP contribution in [0.2, 0.25) is 0 Å². The second-order valence-electron chi connectivity index (χ2n) is 2.34. The van der Waals surface area contributed by atoms with Gasteiger partial charge in [-0.3, -0.25) is 4.79 Å². The van der Waals surface area contributed by atoms with Crippen molar-refractivity contribution in [3.63, 3.8) is 0 Å². The van der Waals surface area contributed by atoms with Crippen LogP contribution in [0.15, 0.2) is 0 Å². The zero-order valence-corrected chi connectivity index (χ0v) is 6.32. The number of rotatable bonds is 3. The van der Waals surface area contributed by atoms with Crippen molar-refractivity contribution in [1.82, 2.24) is 5.32 Å². The molecule has 1 aliphatic rings. The van der Waals surface area contributed by atoms with Gasteiger partial charge in [0, 0.05) is 5.25 Å². The average Bonchev–Trinajstić information content (AvgIpc) is 2.47. The highest BCUT2D eigenvalue weighted by Crippen LogP contribution is 2.16. The summed E-state index contributed by atoms with van der Waals surface area (Å²) in [6, 6.07) is 0.0632. The minimum absolute atomic E-state index is 0.0632. The van der Waals surface area contributed by atoms with Gasteiger partial charge >= 0.3 is 0 Å². The summed E-state index contributed by atoms with van der Waals surface area (Å²) in [6.45, 7) is 2.09. The van der Waals surface area contributed by atoms with Crippen molar-refractivity contribution in [1.29, 1.82) is 0 Å². The average molecular weight is 145 g/mol. The van der Waals surface area contributed by atoms with Crippen LogP contribution < -0.4 is 5.32 Å². The number of nitrogens with one attached hydrogen (secondary N) is 1. The number of carbonyl (C=O) groups is 1. The molecule has 0 bridgehead atoms. The quantitative estimate of drug-likeness (QED) is 0.442. The van der Waals surface area contributed by atoms with Crippen molar-refractivity contribution >= 4 is 18.5 Å². The Morgan fingerprint density at radius 1 is 1.89 bits per heavy atom. The van der Waals surface area contributed by atoms with E-state index in [-0.39, 0.29) is 17.2 Å². The van der Waals surface area contributed by atoms with E-state index in [1.54, 1.807) is 0 Å². The molecule has 0 radical (unpaired) electrons. The Morgan fingerprint density at radius 3 is 2.78 bits per heavy atom. The van der Waals surface area contributed by atoms with Crippen molar-refractivity contribution in [3.05, 3.63) is 0 Å². The highest BCUT2D eigenvalue weighted by atomic mass is 32.1. The van der Waals surface area contributed by atoms with Gasteiger partial charge < -0.3 is 5.32 Å². The topological polar surface area (TPSA) is 39.0 Å². The number of amides is 1. The van der Waals surface area contributed by atoms with Gasteiger partial charge in [-0.1, -0.05) is 13.3 Å². The third-order valence-corrected chi connectivity index (χ3v) is 2.02. The van der Waals surface area contributed by atoms with Gasteiger partial charge in [0.2, 0.25) is 5.91 Å². The smallest absolute Gasteiger partial charge is 0.244 e. The molecule has 1 N–H and O–H groups in total. The number of thiol groups is 1. The molecule has 0 aromatic rings. The van der Waals surface area contributed by atoms with E-state index in [2.05, 4.69) is 24.9 Å². The Balaban J connectivity index is 2.19. The summed E-state index contributed by atoms with van der Waals surface area (Å²) in [5.74, 6) is 0.156. The fourth-order valence-electron chi connectivity index (χ4n) is 0.845. The van der Waals surface area contributed by atoms with Crippen LogP contribution in [0.5, 0.6) is 0 Å². The lowest BCUT2D eigenvalue weighted by Crippen LogP contribution is -2.09. The number of hydrogen-bond acceptors (Lipinski definition) is 2. The van der Waals surface area contributed by atoms with Crippen molar-refractivity contribution in [2.75, 3.05) is 0 Å². The Morgan fingerprint density at radius 2 is 2.44 bits per heavy atom. The first-order valence-electron chi connectivity index (χ1n) is 3.24. The highest BCUT2D eigenvalue weighted by Gasteiger charge is 2.38. The van der Waals surface area contributed by atoms with Crippen LogP contribution in [-0.4, -0.2) is 17.2 Å². The van der Waals surface area contributed by atoms with Crippen LogP contribution in [-0.2, 0) is 4.79 Å². The van der Waals surface area contributed by atoms with E-state index in [0.717, 1.165) is 12.8 Å². The van der Waals surface area contributed by atoms with E-state index in [0.29, 0.717) is 0 Å². The molecule has 9 heavy (non-hydrogen) atoms. The van der Waals surface area contributed by atoms with Crippen molar-refractivity contribution < 1.29 is 4.79 Å². The fraction of sp³-hybridized carbons (Fsp3) is 0.833. The largest absolute Gasteiger partial charge is 0.341 e. The molecule has 1 aliphatic heterocycles. The van der Waals surface area contributed by atoms with Gasteiger partial charge in [0.15, 0.2) is 0 Å². The van der Waals surface area contributed by atoms with E-state index < -0.39 is 0 Å². The molecule has 0 saturated carbocycles. The molecular weight excluding hydrogens is 134 g/mol. The van der Waals surface area contributed by atoms with Gasteiger partial charge in [-0.15, -0.1) is 0 Å². The van der Waals surface area contributed by atoms with Crippen molar-refractivity contribution in [2.24, 2.45) is 0 Å². The zero-order valence-electron chi connectivity index (χ0n) is 5.42. The minimum Gasteiger partial charge on any atom is -0.341 e. The molecule has 1 rings (SSSR count). The second-order valence-corrected chi connectivity index (χ2v) is 3.01. The van der Waals surface area contributed by atoms with Crippen molar-refractivity contribution in [2.45, 2.75) is 31.1 Å². The molecule has 0 spiro atoms. The highest BCUT2D eigenvalue weighted by molar-refractivity contribution is 7.81. The molecule has 0 aliphatic carbocycles. The zero-order chi connectivity index (χ0) is 6.85. The molecule has 1 heterocycles. The third kappa shape index (κ3) is 1.61. The van der Waals surface area contributed by atoms with Gasteiger partial charge in [0.25, 0.3) is 0 Å². The normalized spacial score (nSPS) is 27.3. The molecule has 2 nitrogen and oxygen atoms in total. The Kier molecular flexibility index (Phi) is 2.01. The van der Waals surface area contributed by atoms with E-state index in [9.17, 15) is 4.79 Å². The molecule has 52 valence electrons. The molecule has 0 aromatic carbocycles. The van der Waals surface area contributed by atoms with Crippen LogP contribution in [0.25, 0.3) is 0 Å². The summed E-state index contributed by atoms with van der Waals surface area (Å²) in [7, 11) is 0. The maximum absolute atomic E-state index is 10.4. The Hall–Kier alpha value is -0.180. The second kappa shape index (κ2) is 2.60. The standard InChI is InChI=1S/C6H11NOS/c1-2-3-4(9)5-6(8)7-5/h4-5,9H,2-3H2,1H3,(H,7,8). The lowest BCUT2D eigenvalue weighted by Gasteiger charge is -2.01. The molecule has 1 fully saturated rings. The fourth-order valence-corrected chi connectivity index (χ4v) is 1.31. The summed E-state index contributed by atoms with van der Waals surface area (Å²) in [6.07, 6.45) is 2.12. The minimum atomic E-state index is 0.0632. The van der Waals surface area contributed by atoms with Crippen LogP contribution in [0.4, 0.5) is 0 Å². The number of hydrogen-bond donors (Lipinski definition) is 2. The van der Waals surface area contributed by atoms with E-state index >= 15 is 0 Å². The summed E-state index contributed by atoms with van der Waals surface area (Å²) >= 11 is 4.24. The van der Waals surface area contributed by atoms with Crippen LogP contribution in [0, 0.1) is 0 Å². The third-order valence-electron chi connectivity index (χ3n) is 1.47. The first kappa shape index (κ1) is 6.93. The van der Waals surface area contributed by atoms with Gasteiger partial charge in [-0.25, -0.2) is 0 Å². The van der Waals surface area contributed by atoms with Gasteiger partial charge in [-0.05, 0) is 6.42 Å². The monoisotopic (exact) mass is 145 g/mol. The summed E-state index contributed by atoms with van der Waals surface area (Å²) in [5.41, 5.74) is 0. The van der Waals surface area contributed by atoms with Gasteiger partial charge in [0.05, 0.1) is 0 Å². The predicted molar refractivity (Wildman–Crippen MR) is 39.6 cm³/mol. The molecule has 1 amide bonds. The van der Waals surface area contributed by atoms with Gasteiger partial charge in [-0.2, -0.15) is 12.6 Å². The van der Waals surface area contributed by atoms with E-state index in [4.69, 9.17) is 0 Å². The summed E-state index contributed by atoms with van der Waals surface area (Å²) in [4.78, 5) is 10.4. The SMILES string of the molecule is CCCC(S)C1NC1=O. The molecule has 1 saturated heterocycles. The van der Waals surface area contributed by atoms with Crippen LogP contribution in [0.1, 0.15) is 19.8 Å². The molecule has 3 heteroatoms. The van der Waals surface area contributed by atoms with Crippen LogP contribution >= 0.6 is 12.6 Å². The molecule has 2 unspecified atom stereocenters. The summed E-state index contributed by atoms with van der Waals surface area (Å²) < 4.78 is 0. The predicted octanol–water partition coefficient (Wildman–Crippen LogP) is 0.583. The summed E-state index contributed by atoms with van der Waals surface area (Å²) in [5, 5.41) is 2.94. The van der Waals surface area contributed by atoms with Gasteiger partial charge in [0.1, 0.15) is 6.04 Å². The lowest BCUT2D eigenvalue weighted by atomic mass is 10.2. The lowest BCUT2D eigenvalue weighted by molar-refractivity contribution is -0.110. The molecular formula is C6H11NOS. The first-order valence-corrected chi connectivity index (χ1v) is 3.75. The van der Waals surface area contributed by atoms with Crippen LogP contribution in [0.3, 0.4) is 0 Å². The number of carbonyl (C=O) groups excluding carboxylic acids is 1. The van der Waals surface area contributed by atoms with E-state index in [1.165, 1.54) is 0 Å². The van der Waals surface area contributed by atoms with E-state index in [1.807, 2.05) is 0 Å². The maximum Gasteiger partial charge on any atom is 0.244 e. The molecule has 0 aromatic heterocycles. The molecule has 2 atom stereocenters. The Labute approximate surface area is 60.4 Å². The van der Waals surface area contributed by atoms with Crippen molar-refractivity contribution in [3.8, 4) is 0 Å². The Bertz CT molecular complexity index is 126. The first-order chi connectivity index (χ1) is 4.25. The maximum atomic E-state index is 10.4.